The van der Waals surface area contributed by atoms with E-state index in [1.54, 1.807) is 0 Å². The Morgan fingerprint density at radius 2 is 2.00 bits per heavy atom. The van der Waals surface area contributed by atoms with Gasteiger partial charge in [0.05, 0.1) is 10.1 Å². The summed E-state index contributed by atoms with van der Waals surface area (Å²) in [4.78, 5) is 10.3. The normalized spacial score (nSPS) is 10.5. The van der Waals surface area contributed by atoms with Crippen molar-refractivity contribution in [2.24, 2.45) is 0 Å². The van der Waals surface area contributed by atoms with Gasteiger partial charge >= 0.3 is 51.4 Å². The van der Waals surface area contributed by atoms with Crippen LogP contribution in [-0.2, 0) is 14.9 Å². The first-order valence-electron chi connectivity index (χ1n) is 2.99. The Morgan fingerprint density at radius 1 is 1.50 bits per heavy atom. The molecule has 7 heteroatoms. The predicted octanol–water partition coefficient (Wildman–Crippen LogP) is -2.79. The molecule has 0 rings (SSSR count). The molecule has 0 amide bonds. The fourth-order valence-corrected chi connectivity index (χ4v) is 1.71. The third-order valence-corrected chi connectivity index (χ3v) is 2.53. The van der Waals surface area contributed by atoms with Crippen LogP contribution in [0.15, 0.2) is 0 Å². The molecule has 0 saturated carbocycles. The van der Waals surface area contributed by atoms with E-state index in [2.05, 4.69) is 0 Å². The number of thioether (sulfide) groups is 1. The first kappa shape index (κ1) is 16.0. The van der Waals surface area contributed by atoms with Crippen LogP contribution in [0.2, 0.25) is 0 Å². The van der Waals surface area contributed by atoms with E-state index in [1.807, 2.05) is 0 Å². The molecule has 0 saturated heterocycles. The summed E-state index contributed by atoms with van der Waals surface area (Å²) in [6, 6.07) is 0. The van der Waals surface area contributed by atoms with Gasteiger partial charge in [0.2, 0.25) is 0 Å². The topological polar surface area (TPSA) is 74.3 Å². The monoisotopic (exact) mass is 236 g/mol. The maximum absolute atomic E-state index is 10.3. The zero-order valence-corrected chi connectivity index (χ0v) is 11.8. The summed E-state index contributed by atoms with van der Waals surface area (Å²) in [7, 11) is -4.10. The first-order chi connectivity index (χ1) is 4.92. The Hall–Kier alpha value is 1.57. The molecule has 0 aliphatic rings. The number of carbonyl (C=O) groups excluding carboxylic acids is 1. The van der Waals surface area contributed by atoms with Crippen LogP contribution in [0.5, 0.6) is 0 Å². The van der Waals surface area contributed by atoms with Gasteiger partial charge in [-0.05, 0) is 6.42 Å². The van der Waals surface area contributed by atoms with Crippen molar-refractivity contribution in [3.63, 3.8) is 0 Å². The van der Waals surface area contributed by atoms with Gasteiger partial charge in [0.25, 0.3) is 0 Å². The van der Waals surface area contributed by atoms with Gasteiger partial charge < -0.3 is 4.55 Å². The Balaban J connectivity index is 0. The molecule has 0 heterocycles. The van der Waals surface area contributed by atoms with E-state index in [0.29, 0.717) is 5.75 Å². The molecule has 0 aromatic carbocycles. The van der Waals surface area contributed by atoms with Crippen molar-refractivity contribution in [3.8, 4) is 0 Å². The molecule has 0 atom stereocenters. The van der Waals surface area contributed by atoms with Gasteiger partial charge in [0.15, 0.2) is 5.12 Å². The molecule has 0 aliphatic heterocycles. The van der Waals surface area contributed by atoms with Gasteiger partial charge in [-0.1, -0.05) is 11.8 Å². The van der Waals surface area contributed by atoms with Crippen molar-refractivity contribution in [3.05, 3.63) is 0 Å². The van der Waals surface area contributed by atoms with Crippen LogP contribution in [0, 0.1) is 0 Å². The second-order valence-electron chi connectivity index (χ2n) is 1.96. The van der Waals surface area contributed by atoms with Crippen molar-refractivity contribution >= 4 is 27.0 Å². The number of hydrogen-bond acceptors (Lipinski definition) is 5. The molecule has 0 aromatic rings. The molecular formula is C5H9KO4S2. The molecule has 0 N–H and O–H groups in total. The summed E-state index contributed by atoms with van der Waals surface area (Å²) in [5, 5.41) is -0.0618. The molecule has 12 heavy (non-hydrogen) atoms. The van der Waals surface area contributed by atoms with Gasteiger partial charge in [-0.3, -0.25) is 4.79 Å². The summed E-state index contributed by atoms with van der Waals surface area (Å²) in [6.45, 7) is 1.40. The van der Waals surface area contributed by atoms with Crippen LogP contribution >= 0.6 is 11.8 Å². The summed E-state index contributed by atoms with van der Waals surface area (Å²) in [5.41, 5.74) is 0. The molecule has 0 fully saturated rings. The number of carbonyl (C=O) groups is 1. The summed E-state index contributed by atoms with van der Waals surface area (Å²) in [5.74, 6) is 0.0179. The Labute approximate surface area is 119 Å². The van der Waals surface area contributed by atoms with Gasteiger partial charge in [0, 0.05) is 18.4 Å². The smallest absolute Gasteiger partial charge is 0.748 e. The molecule has 0 unspecified atom stereocenters. The van der Waals surface area contributed by atoms with E-state index in [0.717, 1.165) is 11.8 Å². The Bertz CT molecular complexity index is 224. The van der Waals surface area contributed by atoms with Gasteiger partial charge in [0.1, 0.15) is 0 Å². The molecule has 0 bridgehead atoms. The van der Waals surface area contributed by atoms with Crippen LogP contribution in [-0.4, -0.2) is 29.6 Å². The second-order valence-corrected chi connectivity index (χ2v) is 4.75. The second kappa shape index (κ2) is 7.92. The third-order valence-electron chi connectivity index (χ3n) is 0.844. The average Bonchev–Trinajstić information content (AvgIpc) is 1.78. The largest absolute Gasteiger partial charge is 1.00 e. The summed E-state index contributed by atoms with van der Waals surface area (Å²) >= 11 is 1.03. The fraction of sp³-hybridized carbons (Fsp3) is 0.800. The molecule has 66 valence electrons. The maximum Gasteiger partial charge on any atom is 1.00 e. The Kier molecular flexibility index (Phi) is 10.6. The third kappa shape index (κ3) is 14.1. The van der Waals surface area contributed by atoms with Crippen molar-refractivity contribution < 1.29 is 69.1 Å². The maximum atomic E-state index is 10.3. The Morgan fingerprint density at radius 3 is 2.33 bits per heavy atom. The minimum absolute atomic E-state index is 0. The average molecular weight is 236 g/mol. The standard InChI is InChI=1S/C5H10O4S2.K/c1-5(6)10-3-2-4-11(7,8)9;/h2-4H2,1H3,(H,7,8,9);/q;+1/p-1. The molecule has 0 aromatic heterocycles. The van der Waals surface area contributed by atoms with E-state index < -0.39 is 10.1 Å². The molecule has 0 spiro atoms. The van der Waals surface area contributed by atoms with E-state index in [4.69, 9.17) is 0 Å². The van der Waals surface area contributed by atoms with E-state index in [-0.39, 0.29) is 68.7 Å². The van der Waals surface area contributed by atoms with Crippen molar-refractivity contribution in [2.45, 2.75) is 13.3 Å². The number of rotatable bonds is 4. The van der Waals surface area contributed by atoms with E-state index in [1.165, 1.54) is 6.92 Å². The van der Waals surface area contributed by atoms with E-state index >= 15 is 0 Å². The van der Waals surface area contributed by atoms with Gasteiger partial charge in [-0.25, -0.2) is 8.42 Å². The molecule has 4 nitrogen and oxygen atoms in total. The number of hydrogen-bond donors (Lipinski definition) is 0. The summed E-state index contributed by atoms with van der Waals surface area (Å²) in [6.07, 6.45) is 0.246. The SMILES string of the molecule is CC(=O)SCCCS(=O)(=O)[O-].[K+]. The van der Waals surface area contributed by atoms with Gasteiger partial charge in [-0.2, -0.15) is 0 Å². The van der Waals surface area contributed by atoms with E-state index in [9.17, 15) is 17.8 Å². The van der Waals surface area contributed by atoms with Crippen LogP contribution in [0.3, 0.4) is 0 Å². The first-order valence-corrected chi connectivity index (χ1v) is 5.55. The van der Waals surface area contributed by atoms with Crippen LogP contribution in [0.25, 0.3) is 0 Å². The molecule has 0 aliphatic carbocycles. The van der Waals surface area contributed by atoms with Gasteiger partial charge in [-0.15, -0.1) is 0 Å². The predicted molar refractivity (Wildman–Crippen MR) is 42.3 cm³/mol. The van der Waals surface area contributed by atoms with Crippen molar-refractivity contribution in [1.82, 2.24) is 0 Å². The van der Waals surface area contributed by atoms with Crippen molar-refractivity contribution in [1.29, 1.82) is 0 Å². The zero-order chi connectivity index (χ0) is 8.91. The minimum atomic E-state index is -4.10. The molecule has 0 radical (unpaired) electrons. The van der Waals surface area contributed by atoms with Crippen LogP contribution < -0.4 is 51.4 Å². The zero-order valence-electron chi connectivity index (χ0n) is 7.07. The minimum Gasteiger partial charge on any atom is -0.748 e. The van der Waals surface area contributed by atoms with Crippen LogP contribution in [0.1, 0.15) is 13.3 Å². The molecular weight excluding hydrogens is 227 g/mol. The van der Waals surface area contributed by atoms with Crippen LogP contribution in [0.4, 0.5) is 0 Å². The fourth-order valence-electron chi connectivity index (χ4n) is 0.452. The van der Waals surface area contributed by atoms with Crippen molar-refractivity contribution in [2.75, 3.05) is 11.5 Å². The quantitative estimate of drug-likeness (QED) is 0.300. The summed E-state index contributed by atoms with van der Waals surface area (Å²) < 4.78 is 30.1.